The van der Waals surface area contributed by atoms with E-state index < -0.39 is 5.54 Å². The molecule has 1 saturated carbocycles. The lowest BCUT2D eigenvalue weighted by atomic mass is 9.44. The summed E-state index contributed by atoms with van der Waals surface area (Å²) in [5, 5.41) is 0. The molecule has 2 aliphatic rings. The maximum Gasteiger partial charge on any atom is 0.0642 e. The Morgan fingerprint density at radius 3 is 1.86 bits per heavy atom. The Morgan fingerprint density at radius 1 is 0.714 bits per heavy atom. The normalized spacial score (nSPS) is 30.4. The van der Waals surface area contributed by atoms with Crippen LogP contribution in [0.2, 0.25) is 0 Å². The van der Waals surface area contributed by atoms with E-state index in [0.29, 0.717) is 0 Å². The summed E-state index contributed by atoms with van der Waals surface area (Å²) < 4.78 is 0. The van der Waals surface area contributed by atoms with Crippen LogP contribution in [0.15, 0.2) is 72.8 Å². The lowest BCUT2D eigenvalue weighted by molar-refractivity contribution is 0.0879. The van der Waals surface area contributed by atoms with E-state index in [0.717, 1.165) is 6.42 Å². The van der Waals surface area contributed by atoms with E-state index >= 15 is 0 Å². The van der Waals surface area contributed by atoms with Crippen LogP contribution in [0.4, 0.5) is 0 Å². The molecule has 1 heteroatoms. The van der Waals surface area contributed by atoms with Crippen molar-refractivity contribution in [2.75, 3.05) is 0 Å². The average Bonchev–Trinajstić information content (AvgIpc) is 2.74. The molecule has 0 aliphatic heterocycles. The molecule has 2 aliphatic carbocycles. The van der Waals surface area contributed by atoms with Crippen LogP contribution < -0.4 is 5.73 Å². The van der Waals surface area contributed by atoms with E-state index in [-0.39, 0.29) is 10.8 Å². The molecule has 3 aromatic rings. The molecule has 142 valence electrons. The third kappa shape index (κ3) is 2.11. The maximum atomic E-state index is 7.09. The topological polar surface area (TPSA) is 26.0 Å². The summed E-state index contributed by atoms with van der Waals surface area (Å²) in [5.74, 6) is 0. The third-order valence-corrected chi connectivity index (χ3v) is 7.94. The second-order valence-corrected chi connectivity index (χ2v) is 9.31. The summed E-state index contributed by atoms with van der Waals surface area (Å²) in [6.07, 6.45) is 3.48. The van der Waals surface area contributed by atoms with Crippen molar-refractivity contribution in [2.24, 2.45) is 5.73 Å². The number of aryl methyl sites for hydroxylation is 1. The summed E-state index contributed by atoms with van der Waals surface area (Å²) in [7, 11) is 0. The lowest BCUT2D eigenvalue weighted by Gasteiger charge is -2.59. The molecular weight excluding hydrogens is 338 g/mol. The highest BCUT2D eigenvalue weighted by Gasteiger charge is 2.61. The van der Waals surface area contributed by atoms with Gasteiger partial charge in [0, 0.05) is 10.8 Å². The van der Waals surface area contributed by atoms with Gasteiger partial charge >= 0.3 is 0 Å². The lowest BCUT2D eigenvalue weighted by Crippen LogP contribution is -2.57. The molecule has 3 unspecified atom stereocenters. The Labute approximate surface area is 168 Å². The van der Waals surface area contributed by atoms with Crippen LogP contribution in [0.5, 0.6) is 0 Å². The van der Waals surface area contributed by atoms with Crippen molar-refractivity contribution < 1.29 is 0 Å². The van der Waals surface area contributed by atoms with E-state index in [1.807, 2.05) is 0 Å². The summed E-state index contributed by atoms with van der Waals surface area (Å²) in [5.41, 5.74) is 15.1. The molecule has 1 fully saturated rings. The maximum absolute atomic E-state index is 7.09. The van der Waals surface area contributed by atoms with Crippen LogP contribution in [0, 0.1) is 6.92 Å². The quantitative estimate of drug-likeness (QED) is 0.612. The molecule has 0 amide bonds. The van der Waals surface area contributed by atoms with E-state index in [1.54, 1.807) is 0 Å². The minimum Gasteiger partial charge on any atom is -0.318 e. The first kappa shape index (κ1) is 17.7. The van der Waals surface area contributed by atoms with Gasteiger partial charge in [0.15, 0.2) is 0 Å². The van der Waals surface area contributed by atoms with Crippen molar-refractivity contribution in [1.29, 1.82) is 0 Å². The standard InChI is InChI=1S/C27H29N/c1-19-10-4-5-11-20(19)18-27-17-16-25(27,2)21-12-6-7-13-22(21)26(3,28)23-14-8-9-15-24(23)27/h4-15H,16-18,28H2,1-3H3. The average molecular weight is 368 g/mol. The van der Waals surface area contributed by atoms with Crippen molar-refractivity contribution in [3.05, 3.63) is 106 Å². The summed E-state index contributed by atoms with van der Waals surface area (Å²) in [6.45, 7) is 6.91. The van der Waals surface area contributed by atoms with Gasteiger partial charge in [0.05, 0.1) is 5.54 Å². The van der Waals surface area contributed by atoms with Gasteiger partial charge in [0.2, 0.25) is 0 Å². The highest BCUT2D eigenvalue weighted by atomic mass is 14.8. The minimum atomic E-state index is -0.480. The first-order valence-corrected chi connectivity index (χ1v) is 10.4. The first-order valence-electron chi connectivity index (χ1n) is 10.4. The van der Waals surface area contributed by atoms with Gasteiger partial charge in [-0.3, -0.25) is 0 Å². The van der Waals surface area contributed by atoms with E-state index in [2.05, 4.69) is 93.6 Å². The fourth-order valence-electron chi connectivity index (χ4n) is 6.05. The van der Waals surface area contributed by atoms with E-state index in [9.17, 15) is 0 Å². The van der Waals surface area contributed by atoms with Gasteiger partial charge in [0.25, 0.3) is 0 Å². The summed E-state index contributed by atoms with van der Waals surface area (Å²) in [4.78, 5) is 0. The van der Waals surface area contributed by atoms with Crippen LogP contribution in [-0.4, -0.2) is 0 Å². The van der Waals surface area contributed by atoms with Crippen LogP contribution in [0.25, 0.3) is 0 Å². The first-order chi connectivity index (χ1) is 13.4. The fourth-order valence-corrected chi connectivity index (χ4v) is 6.05. The molecule has 0 spiro atoms. The zero-order valence-corrected chi connectivity index (χ0v) is 17.1. The van der Waals surface area contributed by atoms with E-state index in [1.165, 1.54) is 46.2 Å². The summed E-state index contributed by atoms with van der Waals surface area (Å²) >= 11 is 0. The van der Waals surface area contributed by atoms with Gasteiger partial charge < -0.3 is 5.73 Å². The van der Waals surface area contributed by atoms with Gasteiger partial charge in [0.1, 0.15) is 0 Å². The van der Waals surface area contributed by atoms with Gasteiger partial charge in [-0.15, -0.1) is 0 Å². The van der Waals surface area contributed by atoms with Crippen molar-refractivity contribution in [3.63, 3.8) is 0 Å². The van der Waals surface area contributed by atoms with Gasteiger partial charge in [-0.2, -0.15) is 0 Å². The largest absolute Gasteiger partial charge is 0.318 e. The molecule has 0 heterocycles. The number of fused-ring (bicyclic) bond motifs is 5. The number of hydrogen-bond donors (Lipinski definition) is 1. The monoisotopic (exact) mass is 367 g/mol. The second-order valence-electron chi connectivity index (χ2n) is 9.31. The molecule has 0 bridgehead atoms. The minimum absolute atomic E-state index is 0.0862. The van der Waals surface area contributed by atoms with Gasteiger partial charge in [-0.05, 0) is 66.5 Å². The van der Waals surface area contributed by atoms with E-state index in [4.69, 9.17) is 5.73 Å². The molecule has 3 aromatic carbocycles. The highest BCUT2D eigenvalue weighted by molar-refractivity contribution is 5.59. The number of hydrogen-bond acceptors (Lipinski definition) is 1. The van der Waals surface area contributed by atoms with Gasteiger partial charge in [-0.25, -0.2) is 0 Å². The van der Waals surface area contributed by atoms with Crippen LogP contribution in [0.1, 0.15) is 60.1 Å². The van der Waals surface area contributed by atoms with Crippen LogP contribution >= 0.6 is 0 Å². The van der Waals surface area contributed by atoms with Crippen molar-refractivity contribution in [1.82, 2.24) is 0 Å². The summed E-state index contributed by atoms with van der Waals surface area (Å²) in [6, 6.07) is 26.7. The van der Waals surface area contributed by atoms with Crippen molar-refractivity contribution in [3.8, 4) is 0 Å². The Bertz CT molecular complexity index is 1060. The third-order valence-electron chi connectivity index (χ3n) is 7.94. The molecule has 1 nitrogen and oxygen atoms in total. The Morgan fingerprint density at radius 2 is 1.25 bits per heavy atom. The number of nitrogens with two attached hydrogens (primary N) is 1. The molecule has 3 atom stereocenters. The highest BCUT2D eigenvalue weighted by Crippen LogP contribution is 2.64. The molecular formula is C27H29N. The second kappa shape index (κ2) is 5.81. The zero-order valence-electron chi connectivity index (χ0n) is 17.1. The SMILES string of the molecule is Cc1ccccc1CC12CCC1(C)c1ccccc1C(C)(N)c1ccccc12. The molecule has 0 radical (unpaired) electrons. The molecule has 0 saturated heterocycles. The van der Waals surface area contributed by atoms with Crippen molar-refractivity contribution >= 4 is 0 Å². The Balaban J connectivity index is 1.83. The predicted octanol–water partition coefficient (Wildman–Crippen LogP) is 5.76. The number of rotatable bonds is 2. The van der Waals surface area contributed by atoms with Gasteiger partial charge in [-0.1, -0.05) is 79.7 Å². The Kier molecular flexibility index (Phi) is 3.67. The zero-order chi connectivity index (χ0) is 19.6. The van der Waals surface area contributed by atoms with Crippen molar-refractivity contribution in [2.45, 2.75) is 56.4 Å². The Hall–Kier alpha value is -2.38. The predicted molar refractivity (Wildman–Crippen MR) is 117 cm³/mol. The molecule has 28 heavy (non-hydrogen) atoms. The fraction of sp³-hybridized carbons (Fsp3) is 0.333. The molecule has 2 N–H and O–H groups in total. The number of benzene rings is 3. The smallest absolute Gasteiger partial charge is 0.0642 e. The molecule has 5 rings (SSSR count). The van der Waals surface area contributed by atoms with Crippen LogP contribution in [0.3, 0.4) is 0 Å². The van der Waals surface area contributed by atoms with Crippen LogP contribution in [-0.2, 0) is 22.8 Å². The molecule has 0 aromatic heterocycles.